The summed E-state index contributed by atoms with van der Waals surface area (Å²) in [6.45, 7) is 0.292. The van der Waals surface area contributed by atoms with Crippen molar-refractivity contribution in [3.8, 4) is 0 Å². The van der Waals surface area contributed by atoms with Crippen molar-refractivity contribution in [2.45, 2.75) is 25.8 Å². The lowest BCUT2D eigenvalue weighted by Crippen LogP contribution is -2.27. The number of halogens is 3. The Morgan fingerprint density at radius 1 is 1.36 bits per heavy atom. The number of hydrogen-bond donors (Lipinski definition) is 1. The number of nitrogens with zero attached hydrogens (tertiary/aromatic N) is 2. The minimum atomic E-state index is -1.10. The zero-order valence-corrected chi connectivity index (χ0v) is 12.7. The Bertz CT molecular complexity index is 745. The number of benzene rings is 1. The third-order valence-electron chi connectivity index (χ3n) is 3.87. The van der Waals surface area contributed by atoms with Crippen LogP contribution < -0.4 is 0 Å². The average molecular weight is 326 g/mol. The van der Waals surface area contributed by atoms with Crippen LogP contribution >= 0.6 is 11.6 Å². The monoisotopic (exact) mass is 325 g/mol. The second-order valence-corrected chi connectivity index (χ2v) is 5.80. The first-order valence-electron chi connectivity index (χ1n) is 6.92. The minimum Gasteiger partial charge on any atom is -0.336 e. The first-order valence-corrected chi connectivity index (χ1v) is 7.30. The molecule has 22 heavy (non-hydrogen) atoms. The van der Waals surface area contributed by atoms with Crippen LogP contribution in [0.5, 0.6) is 0 Å². The van der Waals surface area contributed by atoms with Gasteiger partial charge < -0.3 is 4.90 Å². The number of aromatic nitrogens is 2. The van der Waals surface area contributed by atoms with Gasteiger partial charge in [0.1, 0.15) is 0 Å². The first kappa shape index (κ1) is 15.0. The number of carbonyl (C=O) groups is 1. The molecule has 0 radical (unpaired) electrons. The van der Waals surface area contributed by atoms with E-state index in [4.69, 9.17) is 11.6 Å². The van der Waals surface area contributed by atoms with Gasteiger partial charge in [-0.3, -0.25) is 9.89 Å². The number of rotatable bonds is 3. The van der Waals surface area contributed by atoms with Crippen LogP contribution in [-0.4, -0.2) is 28.1 Å². The molecule has 7 heteroatoms. The molecule has 0 saturated heterocycles. The molecule has 116 valence electrons. The van der Waals surface area contributed by atoms with Crippen LogP contribution in [0, 0.1) is 11.6 Å². The van der Waals surface area contributed by atoms with E-state index in [0.717, 1.165) is 48.3 Å². The van der Waals surface area contributed by atoms with Gasteiger partial charge in [0, 0.05) is 12.7 Å². The van der Waals surface area contributed by atoms with Crippen molar-refractivity contribution in [1.82, 2.24) is 15.1 Å². The van der Waals surface area contributed by atoms with Gasteiger partial charge in [-0.1, -0.05) is 11.6 Å². The van der Waals surface area contributed by atoms with Gasteiger partial charge in [0.15, 0.2) is 11.6 Å². The Balaban J connectivity index is 1.81. The molecule has 0 bridgehead atoms. The van der Waals surface area contributed by atoms with Crippen molar-refractivity contribution in [2.75, 3.05) is 7.05 Å². The van der Waals surface area contributed by atoms with Crippen molar-refractivity contribution in [3.63, 3.8) is 0 Å². The van der Waals surface area contributed by atoms with Crippen LogP contribution in [-0.2, 0) is 19.4 Å². The van der Waals surface area contributed by atoms with Gasteiger partial charge in [-0.15, -0.1) is 0 Å². The third kappa shape index (κ3) is 2.59. The maximum atomic E-state index is 13.3. The fourth-order valence-corrected chi connectivity index (χ4v) is 2.94. The minimum absolute atomic E-state index is 0.0600. The Morgan fingerprint density at radius 2 is 2.09 bits per heavy atom. The lowest BCUT2D eigenvalue weighted by molar-refractivity contribution is 0.0782. The SMILES string of the molecule is CN(Cc1n[nH]c2c1CCC2)C(=O)c1cc(F)c(F)cc1Cl. The van der Waals surface area contributed by atoms with Gasteiger partial charge in [0.2, 0.25) is 0 Å². The topological polar surface area (TPSA) is 49.0 Å². The molecular weight excluding hydrogens is 312 g/mol. The summed E-state index contributed by atoms with van der Waals surface area (Å²) in [5, 5.41) is 7.09. The largest absolute Gasteiger partial charge is 0.336 e. The number of aromatic amines is 1. The first-order chi connectivity index (χ1) is 10.5. The van der Waals surface area contributed by atoms with E-state index in [2.05, 4.69) is 10.2 Å². The molecule has 0 aliphatic heterocycles. The van der Waals surface area contributed by atoms with E-state index in [-0.39, 0.29) is 10.6 Å². The molecule has 3 rings (SSSR count). The molecule has 1 aromatic carbocycles. The van der Waals surface area contributed by atoms with Gasteiger partial charge in [-0.2, -0.15) is 5.10 Å². The summed E-state index contributed by atoms with van der Waals surface area (Å²) in [5.74, 6) is -2.64. The number of nitrogens with one attached hydrogen (secondary N) is 1. The fourth-order valence-electron chi connectivity index (χ4n) is 2.71. The summed E-state index contributed by atoms with van der Waals surface area (Å²) < 4.78 is 26.4. The second-order valence-electron chi connectivity index (χ2n) is 5.39. The van der Waals surface area contributed by atoms with E-state index >= 15 is 0 Å². The second kappa shape index (κ2) is 5.68. The highest BCUT2D eigenvalue weighted by Gasteiger charge is 2.23. The highest BCUT2D eigenvalue weighted by Crippen LogP contribution is 2.25. The van der Waals surface area contributed by atoms with Crippen LogP contribution in [0.3, 0.4) is 0 Å². The van der Waals surface area contributed by atoms with Crippen LogP contribution in [0.15, 0.2) is 12.1 Å². The van der Waals surface area contributed by atoms with Gasteiger partial charge in [0.25, 0.3) is 5.91 Å². The normalized spacial score (nSPS) is 13.3. The Hall–Kier alpha value is -1.95. The predicted octanol–water partition coefficient (Wildman–Crippen LogP) is 3.10. The number of aryl methyl sites for hydroxylation is 1. The quantitative estimate of drug-likeness (QED) is 0.882. The molecule has 1 amide bonds. The number of H-pyrrole nitrogens is 1. The summed E-state index contributed by atoms with van der Waals surface area (Å²) >= 11 is 5.84. The molecule has 1 N–H and O–H groups in total. The van der Waals surface area contributed by atoms with Gasteiger partial charge >= 0.3 is 0 Å². The zero-order valence-electron chi connectivity index (χ0n) is 11.9. The highest BCUT2D eigenvalue weighted by atomic mass is 35.5. The van der Waals surface area contributed by atoms with Crippen LogP contribution in [0.2, 0.25) is 5.02 Å². The Labute approximate surface area is 131 Å². The van der Waals surface area contributed by atoms with Crippen molar-refractivity contribution in [1.29, 1.82) is 0 Å². The molecule has 0 spiro atoms. The van der Waals surface area contributed by atoms with Gasteiger partial charge in [-0.25, -0.2) is 8.78 Å². The van der Waals surface area contributed by atoms with E-state index in [0.29, 0.717) is 6.54 Å². The van der Waals surface area contributed by atoms with Gasteiger partial charge in [-0.05, 0) is 37.0 Å². The van der Waals surface area contributed by atoms with E-state index in [1.54, 1.807) is 7.05 Å². The summed E-state index contributed by atoms with van der Waals surface area (Å²) in [5.41, 5.74) is 3.01. The summed E-state index contributed by atoms with van der Waals surface area (Å²) in [4.78, 5) is 13.8. The van der Waals surface area contributed by atoms with Crippen LogP contribution in [0.4, 0.5) is 8.78 Å². The fraction of sp³-hybridized carbons (Fsp3) is 0.333. The van der Waals surface area contributed by atoms with E-state index in [1.165, 1.54) is 4.90 Å². The standard InChI is InChI=1S/C15H14ClF2N3O/c1-21(7-14-8-3-2-4-13(8)19-20-14)15(22)9-5-11(17)12(18)6-10(9)16/h5-6H,2-4,7H2,1H3,(H,19,20). The van der Waals surface area contributed by atoms with Gasteiger partial charge in [0.05, 0.1) is 22.8 Å². The molecule has 1 aliphatic carbocycles. The molecular formula is C15H14ClF2N3O. The molecule has 1 aromatic heterocycles. The third-order valence-corrected chi connectivity index (χ3v) is 4.18. The van der Waals surface area contributed by atoms with Crippen molar-refractivity contribution >= 4 is 17.5 Å². The molecule has 0 fully saturated rings. The molecule has 0 atom stereocenters. The van der Waals surface area contributed by atoms with Crippen molar-refractivity contribution < 1.29 is 13.6 Å². The average Bonchev–Trinajstić information content (AvgIpc) is 3.07. The van der Waals surface area contributed by atoms with E-state index < -0.39 is 17.5 Å². The summed E-state index contributed by atoms with van der Waals surface area (Å²) in [7, 11) is 1.58. The van der Waals surface area contributed by atoms with Crippen molar-refractivity contribution in [3.05, 3.63) is 51.3 Å². The summed E-state index contributed by atoms with van der Waals surface area (Å²) in [6, 6.07) is 1.63. The van der Waals surface area contributed by atoms with E-state index in [9.17, 15) is 13.6 Å². The molecule has 2 aromatic rings. The molecule has 4 nitrogen and oxygen atoms in total. The van der Waals surface area contributed by atoms with Crippen LogP contribution in [0.1, 0.15) is 33.7 Å². The zero-order chi connectivity index (χ0) is 15.9. The lowest BCUT2D eigenvalue weighted by atomic mass is 10.1. The van der Waals surface area contributed by atoms with Crippen LogP contribution in [0.25, 0.3) is 0 Å². The molecule has 0 saturated carbocycles. The Morgan fingerprint density at radius 3 is 2.86 bits per heavy atom. The number of fused-ring (bicyclic) bond motifs is 1. The maximum Gasteiger partial charge on any atom is 0.255 e. The maximum absolute atomic E-state index is 13.3. The predicted molar refractivity (Wildman–Crippen MR) is 77.8 cm³/mol. The lowest BCUT2D eigenvalue weighted by Gasteiger charge is -2.17. The molecule has 1 aliphatic rings. The number of hydrogen-bond acceptors (Lipinski definition) is 2. The molecule has 1 heterocycles. The molecule has 0 unspecified atom stereocenters. The number of carbonyl (C=O) groups excluding carboxylic acids is 1. The Kier molecular flexibility index (Phi) is 3.87. The van der Waals surface area contributed by atoms with Crippen molar-refractivity contribution in [2.24, 2.45) is 0 Å². The smallest absolute Gasteiger partial charge is 0.255 e. The summed E-state index contributed by atoms with van der Waals surface area (Å²) in [6.07, 6.45) is 2.98. The van der Waals surface area contributed by atoms with E-state index in [1.807, 2.05) is 0 Å². The number of amides is 1. The highest BCUT2D eigenvalue weighted by molar-refractivity contribution is 6.33.